The van der Waals surface area contributed by atoms with E-state index in [-0.39, 0.29) is 0 Å². The van der Waals surface area contributed by atoms with Crippen LogP contribution in [0.3, 0.4) is 0 Å². The molecule has 11 rings (SSSR count). The molecule has 0 radical (unpaired) electrons. The van der Waals surface area contributed by atoms with Crippen molar-refractivity contribution in [1.82, 2.24) is 0 Å². The highest BCUT2D eigenvalue weighted by Gasteiger charge is 2.49. The van der Waals surface area contributed by atoms with Gasteiger partial charge in [0, 0.05) is 17.1 Å². The Morgan fingerprint density at radius 2 is 0.554 bits per heavy atom. The van der Waals surface area contributed by atoms with Gasteiger partial charge in [0.15, 0.2) is 0 Å². The van der Waals surface area contributed by atoms with E-state index in [4.69, 9.17) is 0 Å². The van der Waals surface area contributed by atoms with E-state index in [1.807, 2.05) is 0 Å². The summed E-state index contributed by atoms with van der Waals surface area (Å²) in [6.45, 7) is 0. The molecule has 0 aliphatic heterocycles. The van der Waals surface area contributed by atoms with Crippen LogP contribution in [0.2, 0.25) is 0 Å². The molecule has 0 saturated heterocycles. The standard InChI is InChI=1S/C55H37N/c1-3-15-38(16-4-1)40-27-31-42(32-28-40)56(43-33-29-41(30-34-43)39-17-5-2-6-18-39)44-35-36-50-49-23-11-14-26-53(49)55(54(50)37-44)51-24-12-9-21-47(51)45-19-7-8-20-46(45)48-22-10-13-25-52(48)55/h1-37H. The Bertz CT molecular complexity index is 2740. The Balaban J connectivity index is 1.17. The van der Waals surface area contributed by atoms with Gasteiger partial charge < -0.3 is 4.90 Å². The minimum absolute atomic E-state index is 0.547. The molecule has 0 amide bonds. The third-order valence-electron chi connectivity index (χ3n) is 11.9. The fourth-order valence-corrected chi connectivity index (χ4v) is 9.49. The molecule has 9 aromatic rings. The fourth-order valence-electron chi connectivity index (χ4n) is 9.49. The Morgan fingerprint density at radius 3 is 1.00 bits per heavy atom. The molecule has 0 unspecified atom stereocenters. The average Bonchev–Trinajstić information content (AvgIpc) is 3.51. The van der Waals surface area contributed by atoms with E-state index in [0.29, 0.717) is 0 Å². The van der Waals surface area contributed by atoms with Gasteiger partial charge in [-0.25, -0.2) is 0 Å². The maximum Gasteiger partial charge on any atom is 0.0726 e. The van der Waals surface area contributed by atoms with E-state index >= 15 is 0 Å². The monoisotopic (exact) mass is 711 g/mol. The van der Waals surface area contributed by atoms with Crippen molar-refractivity contribution in [2.45, 2.75) is 5.41 Å². The molecule has 0 fully saturated rings. The van der Waals surface area contributed by atoms with Crippen LogP contribution in [0.5, 0.6) is 0 Å². The zero-order chi connectivity index (χ0) is 37.1. The van der Waals surface area contributed by atoms with Crippen LogP contribution in [0.1, 0.15) is 22.3 Å². The maximum atomic E-state index is 2.48. The van der Waals surface area contributed by atoms with Crippen LogP contribution < -0.4 is 4.90 Å². The molecule has 2 aliphatic carbocycles. The third-order valence-corrected chi connectivity index (χ3v) is 11.9. The quantitative estimate of drug-likeness (QED) is 0.172. The van der Waals surface area contributed by atoms with Gasteiger partial charge in [0.1, 0.15) is 0 Å². The number of hydrogen-bond acceptors (Lipinski definition) is 1. The summed E-state index contributed by atoms with van der Waals surface area (Å²) in [4.78, 5) is 2.42. The SMILES string of the molecule is c1ccc(-c2ccc(N(c3ccc(-c4ccccc4)cc3)c3ccc4c(c3)C3(c5ccccc5-c5ccccc5-c5ccccc53)c3ccccc3-4)cc2)cc1. The topological polar surface area (TPSA) is 3.24 Å². The van der Waals surface area contributed by atoms with Crippen molar-refractivity contribution < 1.29 is 0 Å². The molecule has 0 bridgehead atoms. The molecule has 0 atom stereocenters. The summed E-state index contributed by atoms with van der Waals surface area (Å²) >= 11 is 0. The number of fused-ring (bicyclic) bond motifs is 12. The second-order valence-corrected chi connectivity index (χ2v) is 14.8. The maximum absolute atomic E-state index is 2.48. The number of nitrogens with zero attached hydrogens (tertiary/aromatic N) is 1. The van der Waals surface area contributed by atoms with Crippen LogP contribution in [-0.2, 0) is 5.41 Å². The molecule has 2 aliphatic rings. The summed E-state index contributed by atoms with van der Waals surface area (Å²) in [5.74, 6) is 0. The minimum atomic E-state index is -0.547. The first-order valence-electron chi connectivity index (χ1n) is 19.4. The molecule has 1 heteroatoms. The van der Waals surface area contributed by atoms with Crippen molar-refractivity contribution in [1.29, 1.82) is 0 Å². The van der Waals surface area contributed by atoms with Gasteiger partial charge >= 0.3 is 0 Å². The van der Waals surface area contributed by atoms with Gasteiger partial charge in [-0.05, 0) is 114 Å². The summed E-state index contributed by atoms with van der Waals surface area (Å²) in [5, 5.41) is 0. The number of rotatable bonds is 5. The summed E-state index contributed by atoms with van der Waals surface area (Å²) in [6, 6.07) is 82.7. The van der Waals surface area contributed by atoms with E-state index < -0.39 is 5.41 Å². The first-order chi connectivity index (χ1) is 27.8. The summed E-state index contributed by atoms with van der Waals surface area (Å²) in [7, 11) is 0. The fraction of sp³-hybridized carbons (Fsp3) is 0.0182. The van der Waals surface area contributed by atoms with E-state index in [9.17, 15) is 0 Å². The van der Waals surface area contributed by atoms with Gasteiger partial charge in [-0.2, -0.15) is 0 Å². The summed E-state index contributed by atoms with van der Waals surface area (Å²) in [6.07, 6.45) is 0. The molecule has 0 N–H and O–H groups in total. The van der Waals surface area contributed by atoms with Gasteiger partial charge in [0.2, 0.25) is 0 Å². The predicted octanol–water partition coefficient (Wildman–Crippen LogP) is 14.5. The first kappa shape index (κ1) is 32.2. The molecular formula is C55H37N. The molecule has 1 nitrogen and oxygen atoms in total. The Morgan fingerprint density at radius 1 is 0.232 bits per heavy atom. The zero-order valence-electron chi connectivity index (χ0n) is 30.8. The van der Waals surface area contributed by atoms with Gasteiger partial charge in [-0.15, -0.1) is 0 Å². The van der Waals surface area contributed by atoms with Crippen molar-refractivity contribution in [2.75, 3.05) is 4.90 Å². The summed E-state index contributed by atoms with van der Waals surface area (Å²) < 4.78 is 0. The smallest absolute Gasteiger partial charge is 0.0726 e. The largest absolute Gasteiger partial charge is 0.310 e. The highest BCUT2D eigenvalue weighted by atomic mass is 15.1. The molecule has 0 aromatic heterocycles. The second-order valence-electron chi connectivity index (χ2n) is 14.8. The van der Waals surface area contributed by atoms with Crippen LogP contribution in [-0.4, -0.2) is 0 Å². The van der Waals surface area contributed by atoms with E-state index in [2.05, 4.69) is 229 Å². The number of benzene rings is 9. The molecule has 56 heavy (non-hydrogen) atoms. The molecule has 0 heterocycles. The number of hydrogen-bond donors (Lipinski definition) is 0. The van der Waals surface area contributed by atoms with Gasteiger partial charge in [0.25, 0.3) is 0 Å². The Labute approximate surface area is 328 Å². The molecule has 262 valence electrons. The molecule has 1 spiro atoms. The lowest BCUT2D eigenvalue weighted by atomic mass is 9.66. The zero-order valence-corrected chi connectivity index (χ0v) is 30.8. The van der Waals surface area contributed by atoms with Crippen LogP contribution in [0, 0.1) is 0 Å². The molecule has 0 saturated carbocycles. The number of anilines is 3. The van der Waals surface area contributed by atoms with E-state index in [0.717, 1.165) is 17.1 Å². The molecule has 9 aromatic carbocycles. The van der Waals surface area contributed by atoms with E-state index in [1.165, 1.54) is 77.9 Å². The lowest BCUT2D eigenvalue weighted by molar-refractivity contribution is 0.775. The van der Waals surface area contributed by atoms with Crippen LogP contribution in [0.25, 0.3) is 55.6 Å². The third kappa shape index (κ3) is 4.88. The Kier molecular flexibility index (Phi) is 7.47. The van der Waals surface area contributed by atoms with Crippen molar-refractivity contribution in [3.05, 3.63) is 247 Å². The normalized spacial score (nSPS) is 12.8. The van der Waals surface area contributed by atoms with Crippen LogP contribution in [0.4, 0.5) is 17.1 Å². The summed E-state index contributed by atoms with van der Waals surface area (Å²) in [5.41, 5.74) is 20.5. The van der Waals surface area contributed by atoms with Crippen molar-refractivity contribution >= 4 is 17.1 Å². The van der Waals surface area contributed by atoms with Gasteiger partial charge in [0.05, 0.1) is 5.41 Å². The minimum Gasteiger partial charge on any atom is -0.310 e. The highest BCUT2D eigenvalue weighted by molar-refractivity contribution is 5.98. The van der Waals surface area contributed by atoms with Crippen LogP contribution >= 0.6 is 0 Å². The lowest BCUT2D eigenvalue weighted by Crippen LogP contribution is -2.29. The van der Waals surface area contributed by atoms with Gasteiger partial charge in [-0.3, -0.25) is 0 Å². The molecular weight excluding hydrogens is 675 g/mol. The van der Waals surface area contributed by atoms with Gasteiger partial charge in [-0.1, -0.05) is 188 Å². The van der Waals surface area contributed by atoms with Crippen molar-refractivity contribution in [3.63, 3.8) is 0 Å². The predicted molar refractivity (Wildman–Crippen MR) is 234 cm³/mol. The lowest BCUT2D eigenvalue weighted by Gasteiger charge is -2.36. The van der Waals surface area contributed by atoms with E-state index in [1.54, 1.807) is 0 Å². The van der Waals surface area contributed by atoms with Crippen LogP contribution in [0.15, 0.2) is 224 Å². The van der Waals surface area contributed by atoms with Crippen molar-refractivity contribution in [2.24, 2.45) is 0 Å². The average molecular weight is 712 g/mol. The second kappa shape index (κ2) is 13.0. The van der Waals surface area contributed by atoms with Crippen molar-refractivity contribution in [3.8, 4) is 55.6 Å². The highest BCUT2D eigenvalue weighted by Crippen LogP contribution is 2.62. The first-order valence-corrected chi connectivity index (χ1v) is 19.4. The Hall–Kier alpha value is -7.22.